The van der Waals surface area contributed by atoms with Gasteiger partial charge in [-0.3, -0.25) is 0 Å². The zero-order valence-corrected chi connectivity index (χ0v) is 15.3. The van der Waals surface area contributed by atoms with Gasteiger partial charge in [0.1, 0.15) is 0 Å². The summed E-state index contributed by atoms with van der Waals surface area (Å²) in [5.74, 6) is 0.781. The highest BCUT2D eigenvalue weighted by Gasteiger charge is 2.10. The average Bonchev–Trinajstić information content (AvgIpc) is 2.59. The van der Waals surface area contributed by atoms with Gasteiger partial charge in [0.05, 0.1) is 13.2 Å². The Kier molecular flexibility index (Phi) is 7.34. The highest BCUT2D eigenvalue weighted by Crippen LogP contribution is 2.21. The lowest BCUT2D eigenvalue weighted by molar-refractivity contribution is 0.386. The van der Waals surface area contributed by atoms with Crippen LogP contribution < -0.4 is 15.4 Å². The molecule has 3 nitrogen and oxygen atoms in total. The maximum atomic E-state index is 13.8. The lowest BCUT2D eigenvalue weighted by Gasteiger charge is -2.18. The zero-order chi connectivity index (χ0) is 17.4. The van der Waals surface area contributed by atoms with Gasteiger partial charge in [0.2, 0.25) is 0 Å². The second-order valence-electron chi connectivity index (χ2n) is 5.18. The Labute approximate surface area is 152 Å². The van der Waals surface area contributed by atoms with E-state index in [0.29, 0.717) is 5.11 Å². The van der Waals surface area contributed by atoms with E-state index in [4.69, 9.17) is 17.0 Å². The molecule has 0 unspecified atom stereocenters. The summed E-state index contributed by atoms with van der Waals surface area (Å²) in [6.45, 7) is 2.70. The molecule has 0 fully saturated rings. The first-order valence-electron chi connectivity index (χ1n) is 7.66. The zero-order valence-electron chi connectivity index (χ0n) is 13.7. The normalized spacial score (nSPS) is 11.6. The van der Waals surface area contributed by atoms with Crippen LogP contribution in [0.4, 0.5) is 4.39 Å². The van der Waals surface area contributed by atoms with E-state index in [1.807, 2.05) is 31.2 Å². The third kappa shape index (κ3) is 5.69. The molecule has 0 radical (unpaired) electrons. The summed E-state index contributed by atoms with van der Waals surface area (Å²) in [6, 6.07) is 15.0. The van der Waals surface area contributed by atoms with Crippen molar-refractivity contribution in [3.05, 3.63) is 59.9 Å². The summed E-state index contributed by atoms with van der Waals surface area (Å²) >= 11 is 7.06. The van der Waals surface area contributed by atoms with Crippen LogP contribution in [0, 0.1) is 5.82 Å². The Bertz CT molecular complexity index is 667. The minimum absolute atomic E-state index is 0.0906. The molecule has 2 rings (SSSR count). The quantitative estimate of drug-likeness (QED) is 0.438. The average molecular weight is 365 g/mol. The summed E-state index contributed by atoms with van der Waals surface area (Å²) in [4.78, 5) is 1.24. The second kappa shape index (κ2) is 9.49. The number of thioether (sulfide) groups is 1. The van der Waals surface area contributed by atoms with E-state index in [1.165, 1.54) is 18.1 Å². The number of thiocarbonyl (C=S) groups is 1. The van der Waals surface area contributed by atoms with Crippen molar-refractivity contribution >= 4 is 29.1 Å². The minimum atomic E-state index is -0.373. The topological polar surface area (TPSA) is 33.3 Å². The number of halogens is 1. The van der Waals surface area contributed by atoms with Gasteiger partial charge in [0.15, 0.2) is 16.7 Å². The van der Waals surface area contributed by atoms with Crippen LogP contribution in [0.2, 0.25) is 0 Å². The SMILES string of the molecule is COc1ccc([C@H](C)NC(=S)NCCSc2ccccc2)cc1F. The first kappa shape index (κ1) is 18.5. The molecule has 0 bridgehead atoms. The molecule has 0 amide bonds. The number of nitrogens with one attached hydrogen (secondary N) is 2. The lowest BCUT2D eigenvalue weighted by atomic mass is 10.1. The van der Waals surface area contributed by atoms with Crippen molar-refractivity contribution in [2.75, 3.05) is 19.4 Å². The fraction of sp³-hybridized carbons (Fsp3) is 0.278. The number of hydrogen-bond donors (Lipinski definition) is 2. The third-order valence-electron chi connectivity index (χ3n) is 3.42. The molecule has 24 heavy (non-hydrogen) atoms. The van der Waals surface area contributed by atoms with Crippen molar-refractivity contribution in [1.82, 2.24) is 10.6 Å². The van der Waals surface area contributed by atoms with Gasteiger partial charge in [-0.05, 0) is 49.0 Å². The van der Waals surface area contributed by atoms with Crippen LogP contribution >= 0.6 is 24.0 Å². The van der Waals surface area contributed by atoms with E-state index in [2.05, 4.69) is 22.8 Å². The maximum absolute atomic E-state index is 13.8. The van der Waals surface area contributed by atoms with Crippen LogP contribution in [0.1, 0.15) is 18.5 Å². The molecule has 0 heterocycles. The highest BCUT2D eigenvalue weighted by molar-refractivity contribution is 7.99. The van der Waals surface area contributed by atoms with Gasteiger partial charge in [0, 0.05) is 17.2 Å². The van der Waals surface area contributed by atoms with Gasteiger partial charge >= 0.3 is 0 Å². The van der Waals surface area contributed by atoms with Crippen LogP contribution in [0.15, 0.2) is 53.4 Å². The number of hydrogen-bond acceptors (Lipinski definition) is 3. The number of ether oxygens (including phenoxy) is 1. The molecule has 128 valence electrons. The van der Waals surface area contributed by atoms with Crippen molar-refractivity contribution < 1.29 is 9.13 Å². The highest BCUT2D eigenvalue weighted by atomic mass is 32.2. The predicted octanol–water partition coefficient (Wildman–Crippen LogP) is 4.15. The monoisotopic (exact) mass is 364 g/mol. The van der Waals surface area contributed by atoms with Gasteiger partial charge in [0.25, 0.3) is 0 Å². The summed E-state index contributed by atoms with van der Waals surface area (Å²) in [5.41, 5.74) is 0.816. The molecule has 0 aliphatic carbocycles. The first-order valence-corrected chi connectivity index (χ1v) is 9.05. The second-order valence-corrected chi connectivity index (χ2v) is 6.75. The molecule has 0 saturated heterocycles. The molecule has 0 aromatic heterocycles. The molecular weight excluding hydrogens is 343 g/mol. The van der Waals surface area contributed by atoms with E-state index in [1.54, 1.807) is 17.8 Å². The van der Waals surface area contributed by atoms with Gasteiger partial charge in [-0.2, -0.15) is 0 Å². The lowest BCUT2D eigenvalue weighted by Crippen LogP contribution is -2.37. The van der Waals surface area contributed by atoms with E-state index in [-0.39, 0.29) is 17.6 Å². The van der Waals surface area contributed by atoms with Crippen LogP contribution in [0.5, 0.6) is 5.75 Å². The van der Waals surface area contributed by atoms with Crippen LogP contribution in [-0.2, 0) is 0 Å². The molecule has 0 saturated carbocycles. The fourth-order valence-corrected chi connectivity index (χ4v) is 3.20. The van der Waals surface area contributed by atoms with E-state index in [0.717, 1.165) is 17.9 Å². The van der Waals surface area contributed by atoms with Crippen molar-refractivity contribution in [3.8, 4) is 5.75 Å². The number of rotatable bonds is 7. The third-order valence-corrected chi connectivity index (χ3v) is 4.70. The largest absolute Gasteiger partial charge is 0.494 e. The Hall–Kier alpha value is -1.79. The minimum Gasteiger partial charge on any atom is -0.494 e. The smallest absolute Gasteiger partial charge is 0.166 e. The Morgan fingerprint density at radius 1 is 1.25 bits per heavy atom. The Morgan fingerprint density at radius 3 is 2.67 bits per heavy atom. The van der Waals surface area contributed by atoms with E-state index < -0.39 is 0 Å². The Morgan fingerprint density at radius 2 is 2.00 bits per heavy atom. The molecule has 0 aliphatic rings. The Balaban J connectivity index is 1.74. The molecule has 6 heteroatoms. The standard InChI is InChI=1S/C18H21FN2OS2/c1-13(14-8-9-17(22-2)16(19)12-14)21-18(23)20-10-11-24-15-6-4-3-5-7-15/h3-9,12-13H,10-11H2,1-2H3,(H2,20,21,23)/t13-/m0/s1. The molecule has 2 N–H and O–H groups in total. The summed E-state index contributed by atoms with van der Waals surface area (Å²) < 4.78 is 18.7. The van der Waals surface area contributed by atoms with Gasteiger partial charge in [-0.25, -0.2) is 4.39 Å². The molecule has 0 spiro atoms. The molecule has 2 aromatic carbocycles. The van der Waals surface area contributed by atoms with Crippen LogP contribution in [0.25, 0.3) is 0 Å². The number of methoxy groups -OCH3 is 1. The fourth-order valence-electron chi connectivity index (χ4n) is 2.13. The van der Waals surface area contributed by atoms with Gasteiger partial charge in [-0.15, -0.1) is 11.8 Å². The summed E-state index contributed by atoms with van der Waals surface area (Å²) in [6.07, 6.45) is 0. The maximum Gasteiger partial charge on any atom is 0.166 e. The van der Waals surface area contributed by atoms with Gasteiger partial charge in [-0.1, -0.05) is 24.3 Å². The van der Waals surface area contributed by atoms with Crippen molar-refractivity contribution in [2.24, 2.45) is 0 Å². The van der Waals surface area contributed by atoms with Crippen LogP contribution in [-0.4, -0.2) is 24.5 Å². The van der Waals surface area contributed by atoms with E-state index in [9.17, 15) is 4.39 Å². The summed E-state index contributed by atoms with van der Waals surface area (Å²) in [7, 11) is 1.45. The van der Waals surface area contributed by atoms with Crippen molar-refractivity contribution in [3.63, 3.8) is 0 Å². The van der Waals surface area contributed by atoms with E-state index >= 15 is 0 Å². The summed E-state index contributed by atoms with van der Waals surface area (Å²) in [5, 5.41) is 6.90. The molecule has 2 aromatic rings. The number of benzene rings is 2. The molecular formula is C18H21FN2OS2. The van der Waals surface area contributed by atoms with Gasteiger partial charge < -0.3 is 15.4 Å². The predicted molar refractivity (Wildman–Crippen MR) is 102 cm³/mol. The molecule has 1 atom stereocenters. The first-order chi connectivity index (χ1) is 11.6. The van der Waals surface area contributed by atoms with Crippen molar-refractivity contribution in [2.45, 2.75) is 17.9 Å². The van der Waals surface area contributed by atoms with Crippen molar-refractivity contribution in [1.29, 1.82) is 0 Å². The van der Waals surface area contributed by atoms with Crippen LogP contribution in [0.3, 0.4) is 0 Å². The molecule has 0 aliphatic heterocycles.